The van der Waals surface area contributed by atoms with Crippen molar-refractivity contribution in [2.45, 2.75) is 24.3 Å². The quantitative estimate of drug-likeness (QED) is 0.606. The largest absolute Gasteiger partial charge is 0.459 e. The number of pyridine rings is 1. The van der Waals surface area contributed by atoms with E-state index < -0.39 is 10.0 Å². The molecule has 0 unspecified atom stereocenters. The van der Waals surface area contributed by atoms with Gasteiger partial charge in [-0.05, 0) is 61.4 Å². The van der Waals surface area contributed by atoms with Gasteiger partial charge < -0.3 is 9.73 Å². The number of hydrogen-bond donors (Lipinski definition) is 1. The highest BCUT2D eigenvalue weighted by Crippen LogP contribution is 2.25. The number of nitrogens with one attached hydrogen (secondary N) is 1. The van der Waals surface area contributed by atoms with E-state index in [2.05, 4.69) is 10.3 Å². The van der Waals surface area contributed by atoms with Crippen LogP contribution in [0.4, 0.5) is 0 Å². The fourth-order valence-electron chi connectivity index (χ4n) is 3.57. The van der Waals surface area contributed by atoms with Gasteiger partial charge in [-0.2, -0.15) is 4.31 Å². The second kappa shape index (κ2) is 9.21. The van der Waals surface area contributed by atoms with Crippen LogP contribution in [0.1, 0.15) is 18.6 Å². The molecule has 1 N–H and O–H groups in total. The summed E-state index contributed by atoms with van der Waals surface area (Å²) >= 11 is 5.91. The first-order valence-corrected chi connectivity index (χ1v) is 11.8. The molecule has 3 heterocycles. The summed E-state index contributed by atoms with van der Waals surface area (Å²) in [6, 6.07) is 14.1. The summed E-state index contributed by atoms with van der Waals surface area (Å²) in [5, 5.41) is 3.55. The molecule has 2 aromatic heterocycles. The zero-order valence-corrected chi connectivity index (χ0v) is 18.3. The Bertz CT molecular complexity index is 1140. The number of aromatic nitrogens is 1. The van der Waals surface area contributed by atoms with Crippen molar-refractivity contribution >= 4 is 27.5 Å². The Hall–Kier alpha value is -2.68. The van der Waals surface area contributed by atoms with Crippen LogP contribution in [0.25, 0.3) is 11.3 Å². The lowest BCUT2D eigenvalue weighted by Crippen LogP contribution is -2.42. The number of halogens is 1. The van der Waals surface area contributed by atoms with Crippen molar-refractivity contribution in [3.63, 3.8) is 0 Å². The smallest absolute Gasteiger partial charge is 0.244 e. The van der Waals surface area contributed by atoms with Crippen LogP contribution in [0, 0.1) is 5.92 Å². The highest BCUT2D eigenvalue weighted by Gasteiger charge is 2.32. The first-order valence-electron chi connectivity index (χ1n) is 9.96. The van der Waals surface area contributed by atoms with E-state index in [1.165, 1.54) is 22.8 Å². The minimum absolute atomic E-state index is 0.0946. The van der Waals surface area contributed by atoms with Crippen LogP contribution in [0.5, 0.6) is 0 Å². The molecule has 0 bridgehead atoms. The Morgan fingerprint density at radius 3 is 2.55 bits per heavy atom. The number of carbonyl (C=O) groups is 1. The fourth-order valence-corrected chi connectivity index (χ4v) is 5.13. The van der Waals surface area contributed by atoms with Crippen LogP contribution < -0.4 is 5.32 Å². The number of amides is 1. The SMILES string of the molecule is O=C(NCc1ccc(-c2ccc(Cl)cc2)o1)C1CCN(S(=O)(=O)c2cccnc2)CC1. The van der Waals surface area contributed by atoms with Crippen molar-refractivity contribution in [2.75, 3.05) is 13.1 Å². The maximum atomic E-state index is 12.7. The first kappa shape index (κ1) is 21.5. The molecule has 0 spiro atoms. The van der Waals surface area contributed by atoms with Gasteiger partial charge in [0.1, 0.15) is 16.4 Å². The number of furan rings is 1. The number of sulfonamides is 1. The topological polar surface area (TPSA) is 92.5 Å². The molecule has 0 radical (unpaired) electrons. The van der Waals surface area contributed by atoms with E-state index in [0.717, 1.165) is 5.56 Å². The molecular weight excluding hydrogens is 438 g/mol. The lowest BCUT2D eigenvalue weighted by Gasteiger charge is -2.30. The predicted molar refractivity (Wildman–Crippen MR) is 117 cm³/mol. The fraction of sp³-hybridized carbons (Fsp3) is 0.273. The Labute approximate surface area is 186 Å². The van der Waals surface area contributed by atoms with Gasteiger partial charge in [0.05, 0.1) is 6.54 Å². The third kappa shape index (κ3) is 4.98. The molecule has 1 fully saturated rings. The van der Waals surface area contributed by atoms with Gasteiger partial charge in [0.25, 0.3) is 0 Å². The van der Waals surface area contributed by atoms with E-state index in [-0.39, 0.29) is 23.3 Å². The molecule has 1 saturated heterocycles. The summed E-state index contributed by atoms with van der Waals surface area (Å²) in [6.07, 6.45) is 3.82. The highest BCUT2D eigenvalue weighted by molar-refractivity contribution is 7.89. The molecular formula is C22H22ClN3O4S. The number of benzene rings is 1. The molecule has 0 atom stereocenters. The lowest BCUT2D eigenvalue weighted by atomic mass is 9.97. The summed E-state index contributed by atoms with van der Waals surface area (Å²) in [5.41, 5.74) is 0.907. The van der Waals surface area contributed by atoms with E-state index in [9.17, 15) is 13.2 Å². The number of nitrogens with zero attached hydrogens (tertiary/aromatic N) is 2. The van der Waals surface area contributed by atoms with Gasteiger partial charge in [-0.1, -0.05) is 11.6 Å². The van der Waals surface area contributed by atoms with Crippen LogP contribution >= 0.6 is 11.6 Å². The molecule has 9 heteroatoms. The zero-order valence-electron chi connectivity index (χ0n) is 16.7. The monoisotopic (exact) mass is 459 g/mol. The third-order valence-corrected chi connectivity index (χ3v) is 7.46. The number of piperidine rings is 1. The maximum Gasteiger partial charge on any atom is 0.244 e. The predicted octanol–water partition coefficient (Wildman–Crippen LogP) is 3.71. The zero-order chi connectivity index (χ0) is 21.8. The van der Waals surface area contributed by atoms with Crippen molar-refractivity contribution < 1.29 is 17.6 Å². The standard InChI is InChI=1S/C22H22ClN3O4S/c23-18-5-3-16(4-6-18)21-8-7-19(30-21)14-25-22(27)17-9-12-26(13-10-17)31(28,29)20-2-1-11-24-15-20/h1-8,11,15,17H,9-10,12-14H2,(H,25,27). The summed E-state index contributed by atoms with van der Waals surface area (Å²) in [6.45, 7) is 0.883. The van der Waals surface area contributed by atoms with Gasteiger partial charge in [0.15, 0.2) is 0 Å². The average Bonchev–Trinajstić information content (AvgIpc) is 3.28. The second-order valence-electron chi connectivity index (χ2n) is 7.36. The van der Waals surface area contributed by atoms with E-state index in [1.54, 1.807) is 18.2 Å². The molecule has 1 aliphatic heterocycles. The van der Waals surface area contributed by atoms with Gasteiger partial charge >= 0.3 is 0 Å². The molecule has 7 nitrogen and oxygen atoms in total. The van der Waals surface area contributed by atoms with Crippen molar-refractivity contribution in [1.82, 2.24) is 14.6 Å². The first-order chi connectivity index (χ1) is 14.9. The Kier molecular flexibility index (Phi) is 6.41. The minimum Gasteiger partial charge on any atom is -0.459 e. The number of hydrogen-bond acceptors (Lipinski definition) is 5. The second-order valence-corrected chi connectivity index (χ2v) is 9.73. The summed E-state index contributed by atoms with van der Waals surface area (Å²) < 4.78 is 32.6. The molecule has 162 valence electrons. The van der Waals surface area contributed by atoms with Gasteiger partial charge in [-0.15, -0.1) is 0 Å². The van der Waals surface area contributed by atoms with Gasteiger partial charge in [0.2, 0.25) is 15.9 Å². The van der Waals surface area contributed by atoms with E-state index in [1.807, 2.05) is 24.3 Å². The Morgan fingerprint density at radius 2 is 1.87 bits per heavy atom. The van der Waals surface area contributed by atoms with Crippen molar-refractivity contribution in [1.29, 1.82) is 0 Å². The molecule has 1 amide bonds. The van der Waals surface area contributed by atoms with Crippen LogP contribution in [0.2, 0.25) is 5.02 Å². The van der Waals surface area contributed by atoms with Gasteiger partial charge in [-0.25, -0.2) is 8.42 Å². The Morgan fingerprint density at radius 1 is 1.13 bits per heavy atom. The van der Waals surface area contributed by atoms with Crippen LogP contribution in [-0.4, -0.2) is 36.7 Å². The van der Waals surface area contributed by atoms with E-state index in [0.29, 0.717) is 42.5 Å². The normalized spacial score (nSPS) is 15.6. The van der Waals surface area contributed by atoms with E-state index in [4.69, 9.17) is 16.0 Å². The minimum atomic E-state index is -3.58. The van der Waals surface area contributed by atoms with E-state index >= 15 is 0 Å². The summed E-state index contributed by atoms with van der Waals surface area (Å²) in [7, 11) is -3.58. The lowest BCUT2D eigenvalue weighted by molar-refractivity contribution is -0.126. The molecule has 3 aromatic rings. The molecule has 4 rings (SSSR count). The molecule has 31 heavy (non-hydrogen) atoms. The van der Waals surface area contributed by atoms with Crippen molar-refractivity contribution in [3.8, 4) is 11.3 Å². The highest BCUT2D eigenvalue weighted by atomic mass is 35.5. The van der Waals surface area contributed by atoms with Crippen molar-refractivity contribution in [3.05, 3.63) is 71.7 Å². The van der Waals surface area contributed by atoms with Gasteiger partial charge in [-0.3, -0.25) is 9.78 Å². The molecule has 0 aliphatic carbocycles. The average molecular weight is 460 g/mol. The van der Waals surface area contributed by atoms with Crippen LogP contribution in [0.15, 0.2) is 70.2 Å². The van der Waals surface area contributed by atoms with Gasteiger partial charge in [0, 0.05) is 42.0 Å². The maximum absolute atomic E-state index is 12.7. The van der Waals surface area contributed by atoms with Crippen LogP contribution in [-0.2, 0) is 21.4 Å². The van der Waals surface area contributed by atoms with Crippen molar-refractivity contribution in [2.24, 2.45) is 5.92 Å². The van der Waals surface area contributed by atoms with Crippen LogP contribution in [0.3, 0.4) is 0 Å². The molecule has 0 saturated carbocycles. The number of rotatable bonds is 6. The number of carbonyl (C=O) groups excluding carboxylic acids is 1. The Balaban J connectivity index is 1.29. The summed E-state index contributed by atoms with van der Waals surface area (Å²) in [4.78, 5) is 16.6. The molecule has 1 aromatic carbocycles. The molecule has 1 aliphatic rings. The third-order valence-electron chi connectivity index (χ3n) is 5.32. The summed E-state index contributed by atoms with van der Waals surface area (Å²) in [5.74, 6) is 1.03.